The van der Waals surface area contributed by atoms with Gasteiger partial charge in [0.05, 0.1) is 0 Å². The van der Waals surface area contributed by atoms with Crippen LogP contribution in [0.15, 0.2) is 48.6 Å². The second-order valence-electron chi connectivity index (χ2n) is 7.83. The highest BCUT2D eigenvalue weighted by atomic mass is 16.1. The molecule has 0 heterocycles. The van der Waals surface area contributed by atoms with Crippen LogP contribution in [-0.2, 0) is 4.79 Å². The summed E-state index contributed by atoms with van der Waals surface area (Å²) in [5, 5.41) is 2.48. The highest BCUT2D eigenvalue weighted by Gasteiger charge is 2.45. The maximum absolute atomic E-state index is 12.0. The Labute approximate surface area is 137 Å². The molecule has 4 fully saturated rings. The Kier molecular flexibility index (Phi) is 2.98. The second-order valence-corrected chi connectivity index (χ2v) is 7.83. The molecule has 1 aromatic carbocycles. The van der Waals surface area contributed by atoms with Gasteiger partial charge in [-0.25, -0.2) is 0 Å². The quantitative estimate of drug-likeness (QED) is 0.719. The SMILES string of the molecule is O=C1C=CC=CC1=c1ccc(=C2C3CC4CC(C3)CC2C4)cc1. The topological polar surface area (TPSA) is 17.1 Å². The lowest BCUT2D eigenvalue weighted by molar-refractivity contribution is -0.109. The van der Waals surface area contributed by atoms with E-state index >= 15 is 0 Å². The summed E-state index contributed by atoms with van der Waals surface area (Å²) in [6.45, 7) is 0. The van der Waals surface area contributed by atoms with Crippen molar-refractivity contribution in [1.29, 1.82) is 0 Å². The molecule has 4 saturated carbocycles. The highest BCUT2D eigenvalue weighted by molar-refractivity contribution is 6.25. The molecule has 4 bridgehead atoms. The molecule has 0 N–H and O–H groups in total. The average molecular weight is 302 g/mol. The van der Waals surface area contributed by atoms with Crippen molar-refractivity contribution in [2.75, 3.05) is 0 Å². The normalized spacial score (nSPS) is 34.5. The van der Waals surface area contributed by atoms with Crippen LogP contribution < -0.4 is 10.4 Å². The van der Waals surface area contributed by atoms with Crippen molar-refractivity contribution < 1.29 is 4.79 Å². The minimum absolute atomic E-state index is 0.113. The summed E-state index contributed by atoms with van der Waals surface area (Å²) in [7, 11) is 0. The molecule has 0 spiro atoms. The predicted octanol–water partition coefficient (Wildman–Crippen LogP) is 3.14. The van der Waals surface area contributed by atoms with E-state index in [1.165, 1.54) is 37.3 Å². The number of ketones is 1. The maximum Gasteiger partial charge on any atom is 0.186 e. The first-order chi connectivity index (χ1) is 11.3. The molecule has 1 aromatic rings. The van der Waals surface area contributed by atoms with Crippen molar-refractivity contribution in [1.82, 2.24) is 0 Å². The van der Waals surface area contributed by atoms with Crippen molar-refractivity contribution in [3.8, 4) is 0 Å². The fourth-order valence-corrected chi connectivity index (χ4v) is 5.71. The summed E-state index contributed by atoms with van der Waals surface area (Å²) in [6, 6.07) is 8.81. The largest absolute Gasteiger partial charge is 0.289 e. The Morgan fingerprint density at radius 2 is 1.26 bits per heavy atom. The Morgan fingerprint density at radius 1 is 0.696 bits per heavy atom. The van der Waals surface area contributed by atoms with Gasteiger partial charge >= 0.3 is 0 Å². The fraction of sp³-hybridized carbons (Fsp3) is 0.409. The van der Waals surface area contributed by atoms with Gasteiger partial charge in [-0.15, -0.1) is 0 Å². The molecule has 6 rings (SSSR count). The molecule has 0 unspecified atom stereocenters. The summed E-state index contributed by atoms with van der Waals surface area (Å²) in [6.07, 6.45) is 14.5. The zero-order valence-corrected chi connectivity index (χ0v) is 13.4. The third kappa shape index (κ3) is 2.17. The molecule has 0 amide bonds. The molecule has 23 heavy (non-hydrogen) atoms. The van der Waals surface area contributed by atoms with Gasteiger partial charge in [-0.05, 0) is 72.3 Å². The lowest BCUT2D eigenvalue weighted by Crippen LogP contribution is -2.42. The van der Waals surface area contributed by atoms with Crippen LogP contribution in [0, 0.1) is 23.7 Å². The molecule has 0 aromatic heterocycles. The molecular formula is C22H22O. The van der Waals surface area contributed by atoms with Gasteiger partial charge in [-0.3, -0.25) is 4.79 Å². The van der Waals surface area contributed by atoms with Crippen LogP contribution in [0.3, 0.4) is 0 Å². The van der Waals surface area contributed by atoms with Crippen LogP contribution in [0.1, 0.15) is 32.1 Å². The molecule has 5 aliphatic carbocycles. The van der Waals surface area contributed by atoms with Crippen molar-refractivity contribution in [2.24, 2.45) is 23.7 Å². The number of hydrogen-bond donors (Lipinski definition) is 0. The molecule has 1 nitrogen and oxygen atoms in total. The van der Waals surface area contributed by atoms with Crippen LogP contribution in [0.2, 0.25) is 0 Å². The molecule has 5 aliphatic rings. The van der Waals surface area contributed by atoms with Crippen molar-refractivity contribution in [3.05, 3.63) is 59.0 Å². The summed E-state index contributed by atoms with van der Waals surface area (Å²) < 4.78 is 0. The lowest BCUT2D eigenvalue weighted by atomic mass is 9.54. The van der Waals surface area contributed by atoms with Gasteiger partial charge in [0.25, 0.3) is 0 Å². The summed E-state index contributed by atoms with van der Waals surface area (Å²) in [5.41, 5.74) is 2.55. The lowest BCUT2D eigenvalue weighted by Gasteiger charge is -2.51. The second kappa shape index (κ2) is 5.06. The molecule has 0 radical (unpaired) electrons. The minimum atomic E-state index is 0.113. The molecule has 116 valence electrons. The van der Waals surface area contributed by atoms with E-state index in [-0.39, 0.29) is 5.78 Å². The number of rotatable bonds is 0. The van der Waals surface area contributed by atoms with Crippen molar-refractivity contribution in [3.63, 3.8) is 0 Å². The van der Waals surface area contributed by atoms with Crippen LogP contribution in [0.25, 0.3) is 11.1 Å². The summed E-state index contributed by atoms with van der Waals surface area (Å²) in [4.78, 5) is 12.0. The van der Waals surface area contributed by atoms with E-state index in [1.807, 2.05) is 18.2 Å². The number of allylic oxidation sites excluding steroid dienone is 4. The van der Waals surface area contributed by atoms with E-state index in [0.29, 0.717) is 0 Å². The van der Waals surface area contributed by atoms with Gasteiger partial charge in [0, 0.05) is 5.57 Å². The Morgan fingerprint density at radius 3 is 1.87 bits per heavy atom. The van der Waals surface area contributed by atoms with E-state index in [4.69, 9.17) is 0 Å². The van der Waals surface area contributed by atoms with Gasteiger partial charge in [-0.2, -0.15) is 0 Å². The smallest absolute Gasteiger partial charge is 0.186 e. The van der Waals surface area contributed by atoms with E-state index < -0.39 is 0 Å². The Bertz CT molecular complexity index is 799. The first-order valence-corrected chi connectivity index (χ1v) is 9.01. The van der Waals surface area contributed by atoms with E-state index in [9.17, 15) is 4.79 Å². The minimum Gasteiger partial charge on any atom is -0.289 e. The number of carbonyl (C=O) groups is 1. The van der Waals surface area contributed by atoms with E-state index in [0.717, 1.165) is 34.5 Å². The number of carbonyl (C=O) groups excluding carboxylic acids is 1. The van der Waals surface area contributed by atoms with Gasteiger partial charge in [0.15, 0.2) is 5.78 Å². The monoisotopic (exact) mass is 302 g/mol. The predicted molar refractivity (Wildman–Crippen MR) is 92.8 cm³/mol. The first-order valence-electron chi connectivity index (χ1n) is 9.01. The highest BCUT2D eigenvalue weighted by Crippen LogP contribution is 2.56. The van der Waals surface area contributed by atoms with Crippen LogP contribution in [0.4, 0.5) is 0 Å². The molecule has 0 saturated heterocycles. The van der Waals surface area contributed by atoms with Gasteiger partial charge < -0.3 is 0 Å². The third-order valence-electron chi connectivity index (χ3n) is 6.43. The van der Waals surface area contributed by atoms with Crippen molar-refractivity contribution in [2.45, 2.75) is 32.1 Å². The van der Waals surface area contributed by atoms with Gasteiger partial charge in [0.1, 0.15) is 0 Å². The number of hydrogen-bond acceptors (Lipinski definition) is 1. The third-order valence-corrected chi connectivity index (χ3v) is 6.43. The van der Waals surface area contributed by atoms with Crippen LogP contribution in [0.5, 0.6) is 0 Å². The van der Waals surface area contributed by atoms with Crippen molar-refractivity contribution >= 4 is 16.9 Å². The fourth-order valence-electron chi connectivity index (χ4n) is 5.71. The summed E-state index contributed by atoms with van der Waals surface area (Å²) in [5.74, 6) is 3.80. The first kappa shape index (κ1) is 13.5. The van der Waals surface area contributed by atoms with Gasteiger partial charge in [-0.1, -0.05) is 48.1 Å². The molecular weight excluding hydrogens is 280 g/mol. The standard InChI is InChI=1S/C22H22O/c23-21-4-2-1-3-20(21)16-5-7-17(8-6-16)22-18-10-14-9-15(12-18)13-19(22)11-14/h1-8,14-15,18-19H,9-13H2. The van der Waals surface area contributed by atoms with Gasteiger partial charge in [0.2, 0.25) is 0 Å². The van der Waals surface area contributed by atoms with E-state index in [1.54, 1.807) is 11.6 Å². The molecule has 1 heteroatoms. The average Bonchev–Trinajstić information content (AvgIpc) is 2.55. The maximum atomic E-state index is 12.0. The zero-order valence-electron chi connectivity index (χ0n) is 13.4. The molecule has 0 aliphatic heterocycles. The van der Waals surface area contributed by atoms with Crippen LogP contribution >= 0.6 is 0 Å². The van der Waals surface area contributed by atoms with Crippen LogP contribution in [-0.4, -0.2) is 5.78 Å². The molecule has 0 atom stereocenters. The zero-order chi connectivity index (χ0) is 15.4. The Balaban J connectivity index is 1.60. The van der Waals surface area contributed by atoms with E-state index in [2.05, 4.69) is 24.3 Å². The number of benzene rings is 1. The Hall–Kier alpha value is -1.89. The summed E-state index contributed by atoms with van der Waals surface area (Å²) >= 11 is 0.